The minimum atomic E-state index is 0.805. The molecule has 4 rings (SSSR count). The van der Waals surface area contributed by atoms with Gasteiger partial charge >= 0.3 is 0 Å². The second kappa shape index (κ2) is 6.96. The topological polar surface area (TPSA) is 30.7 Å². The highest BCUT2D eigenvalue weighted by Crippen LogP contribution is 2.38. The van der Waals surface area contributed by atoms with E-state index in [9.17, 15) is 0 Å². The van der Waals surface area contributed by atoms with E-state index in [1.54, 1.807) is 16.6 Å². The van der Waals surface area contributed by atoms with Gasteiger partial charge in [-0.1, -0.05) is 48.5 Å². The Hall–Kier alpha value is -1.59. The normalized spacial score (nSPS) is 16.8. The number of thioether (sulfide) groups is 1. The Kier molecular flexibility index (Phi) is 4.69. The maximum absolute atomic E-state index is 4.51. The van der Waals surface area contributed by atoms with Crippen LogP contribution in [0.4, 0.5) is 0 Å². The largest absolute Gasteiger partial charge is 0.305 e. The number of hydrogen-bond acceptors (Lipinski definition) is 4. The number of benzene rings is 1. The molecule has 1 unspecified atom stereocenters. The van der Waals surface area contributed by atoms with Gasteiger partial charge in [0.1, 0.15) is 0 Å². The molecule has 0 aliphatic heterocycles. The van der Waals surface area contributed by atoms with Crippen molar-refractivity contribution in [2.75, 3.05) is 0 Å². The number of fused-ring (bicyclic) bond motifs is 1. The molecule has 0 fully saturated rings. The lowest BCUT2D eigenvalue weighted by molar-refractivity contribution is 0.508. The summed E-state index contributed by atoms with van der Waals surface area (Å²) >= 11 is 3.65. The first-order valence-electron chi connectivity index (χ1n) is 8.79. The first kappa shape index (κ1) is 16.9. The van der Waals surface area contributed by atoms with Gasteiger partial charge in [-0.25, -0.2) is 0 Å². The van der Waals surface area contributed by atoms with E-state index in [-0.39, 0.29) is 0 Å². The molecule has 3 aromatic rings. The van der Waals surface area contributed by atoms with E-state index in [0.717, 1.165) is 22.7 Å². The van der Waals surface area contributed by atoms with Gasteiger partial charge in [-0.2, -0.15) is 0 Å². The lowest BCUT2D eigenvalue weighted by Crippen LogP contribution is -2.09. The molecule has 0 amide bonds. The molecule has 1 aliphatic carbocycles. The SMILES string of the molecule is Cc1cccc(CSc2nnc(-c3csc4c3CCC(C)C4)n2C)c1. The molecule has 2 heterocycles. The van der Waals surface area contributed by atoms with Crippen molar-refractivity contribution in [3.05, 3.63) is 51.2 Å². The maximum Gasteiger partial charge on any atom is 0.191 e. The van der Waals surface area contributed by atoms with E-state index in [1.807, 2.05) is 11.3 Å². The molecule has 130 valence electrons. The minimum absolute atomic E-state index is 0.805. The minimum Gasteiger partial charge on any atom is -0.305 e. The average molecular weight is 370 g/mol. The number of nitrogens with zero attached hydrogens (tertiary/aromatic N) is 3. The molecular weight excluding hydrogens is 346 g/mol. The fraction of sp³-hybridized carbons (Fsp3) is 0.400. The summed E-state index contributed by atoms with van der Waals surface area (Å²) < 4.78 is 2.15. The van der Waals surface area contributed by atoms with Gasteiger partial charge in [0, 0.05) is 28.6 Å². The van der Waals surface area contributed by atoms with Crippen molar-refractivity contribution in [2.24, 2.45) is 13.0 Å². The van der Waals surface area contributed by atoms with Gasteiger partial charge in [-0.05, 0) is 43.2 Å². The van der Waals surface area contributed by atoms with Gasteiger partial charge in [0.25, 0.3) is 0 Å². The molecule has 0 bridgehead atoms. The summed E-state index contributed by atoms with van der Waals surface area (Å²) in [6.45, 7) is 4.49. The summed E-state index contributed by atoms with van der Waals surface area (Å²) in [6, 6.07) is 8.66. The molecule has 1 atom stereocenters. The number of thiophene rings is 1. The van der Waals surface area contributed by atoms with Gasteiger partial charge in [0.15, 0.2) is 11.0 Å². The van der Waals surface area contributed by atoms with Gasteiger partial charge in [-0.3, -0.25) is 0 Å². The smallest absolute Gasteiger partial charge is 0.191 e. The second-order valence-electron chi connectivity index (χ2n) is 7.04. The van der Waals surface area contributed by atoms with Crippen LogP contribution in [0.1, 0.15) is 34.9 Å². The Balaban J connectivity index is 1.55. The summed E-state index contributed by atoms with van der Waals surface area (Å²) in [4.78, 5) is 1.55. The van der Waals surface area contributed by atoms with Crippen LogP contribution in [0.5, 0.6) is 0 Å². The Morgan fingerprint density at radius 3 is 3.04 bits per heavy atom. The zero-order valence-corrected chi connectivity index (χ0v) is 16.6. The lowest BCUT2D eigenvalue weighted by atomic mass is 9.88. The van der Waals surface area contributed by atoms with Crippen LogP contribution in [0.15, 0.2) is 34.8 Å². The Labute approximate surface area is 157 Å². The van der Waals surface area contributed by atoms with Crippen LogP contribution >= 0.6 is 23.1 Å². The average Bonchev–Trinajstić information content (AvgIpc) is 3.16. The summed E-state index contributed by atoms with van der Waals surface area (Å²) in [5.41, 5.74) is 5.44. The molecule has 0 saturated carbocycles. The Morgan fingerprint density at radius 1 is 1.32 bits per heavy atom. The van der Waals surface area contributed by atoms with Crippen LogP contribution in [-0.2, 0) is 25.6 Å². The van der Waals surface area contributed by atoms with Gasteiger partial charge in [-0.15, -0.1) is 21.5 Å². The van der Waals surface area contributed by atoms with Crippen LogP contribution in [0, 0.1) is 12.8 Å². The van der Waals surface area contributed by atoms with Gasteiger partial charge < -0.3 is 4.57 Å². The zero-order chi connectivity index (χ0) is 17.4. The highest BCUT2D eigenvalue weighted by molar-refractivity contribution is 7.98. The van der Waals surface area contributed by atoms with E-state index < -0.39 is 0 Å². The number of aromatic nitrogens is 3. The second-order valence-corrected chi connectivity index (χ2v) is 8.95. The van der Waals surface area contributed by atoms with E-state index in [1.165, 1.54) is 41.5 Å². The monoisotopic (exact) mass is 369 g/mol. The van der Waals surface area contributed by atoms with Gasteiger partial charge in [0.2, 0.25) is 0 Å². The Morgan fingerprint density at radius 2 is 2.20 bits per heavy atom. The lowest BCUT2D eigenvalue weighted by Gasteiger charge is -2.18. The molecule has 1 aliphatic rings. The maximum atomic E-state index is 4.51. The molecule has 2 aromatic heterocycles. The van der Waals surface area contributed by atoms with E-state index in [0.29, 0.717) is 0 Å². The fourth-order valence-electron chi connectivity index (χ4n) is 3.49. The highest BCUT2D eigenvalue weighted by Gasteiger charge is 2.23. The first-order valence-corrected chi connectivity index (χ1v) is 10.7. The van der Waals surface area contributed by atoms with Crippen molar-refractivity contribution >= 4 is 23.1 Å². The number of rotatable bonds is 4. The highest BCUT2D eigenvalue weighted by atomic mass is 32.2. The molecular formula is C20H23N3S2. The molecule has 1 aromatic carbocycles. The van der Waals surface area contributed by atoms with E-state index in [2.05, 4.69) is 65.3 Å². The van der Waals surface area contributed by atoms with E-state index >= 15 is 0 Å². The molecule has 0 spiro atoms. The van der Waals surface area contributed by atoms with E-state index in [4.69, 9.17) is 0 Å². The van der Waals surface area contributed by atoms with Crippen molar-refractivity contribution in [3.8, 4) is 11.4 Å². The number of aryl methyl sites for hydroxylation is 1. The van der Waals surface area contributed by atoms with Crippen molar-refractivity contribution in [1.29, 1.82) is 0 Å². The zero-order valence-electron chi connectivity index (χ0n) is 15.0. The van der Waals surface area contributed by atoms with Crippen molar-refractivity contribution in [1.82, 2.24) is 14.8 Å². The molecule has 0 saturated heterocycles. The first-order chi connectivity index (χ1) is 12.1. The summed E-state index contributed by atoms with van der Waals surface area (Å²) in [7, 11) is 2.09. The molecule has 5 heteroatoms. The third-order valence-corrected chi connectivity index (χ3v) is 7.07. The van der Waals surface area contributed by atoms with Crippen LogP contribution in [-0.4, -0.2) is 14.8 Å². The van der Waals surface area contributed by atoms with Crippen LogP contribution in [0.25, 0.3) is 11.4 Å². The van der Waals surface area contributed by atoms with Crippen LogP contribution < -0.4 is 0 Å². The summed E-state index contributed by atoms with van der Waals surface area (Å²) in [5, 5.41) is 12.2. The fourth-order valence-corrected chi connectivity index (χ4v) is 5.59. The predicted octanol–water partition coefficient (Wildman–Crippen LogP) is 5.27. The third-order valence-electron chi connectivity index (χ3n) is 4.93. The standard InChI is InChI=1S/C20H23N3S2/c1-13-5-4-6-15(9-13)11-25-20-22-21-19(23(20)3)17-12-24-18-10-14(2)7-8-16(17)18/h4-6,9,12,14H,7-8,10-11H2,1-3H3. The quantitative estimate of drug-likeness (QED) is 0.587. The van der Waals surface area contributed by atoms with Crippen molar-refractivity contribution < 1.29 is 0 Å². The molecule has 25 heavy (non-hydrogen) atoms. The Bertz CT molecular complexity index is 894. The summed E-state index contributed by atoms with van der Waals surface area (Å²) in [6.07, 6.45) is 3.67. The predicted molar refractivity (Wildman–Crippen MR) is 106 cm³/mol. The van der Waals surface area contributed by atoms with Gasteiger partial charge in [0.05, 0.1) is 0 Å². The third kappa shape index (κ3) is 3.40. The number of hydrogen-bond donors (Lipinski definition) is 0. The van der Waals surface area contributed by atoms with Crippen LogP contribution in [0.2, 0.25) is 0 Å². The molecule has 0 radical (unpaired) electrons. The summed E-state index contributed by atoms with van der Waals surface area (Å²) in [5.74, 6) is 2.74. The van der Waals surface area contributed by atoms with Crippen molar-refractivity contribution in [3.63, 3.8) is 0 Å². The molecule has 3 nitrogen and oxygen atoms in total. The molecule has 0 N–H and O–H groups in total. The van der Waals surface area contributed by atoms with Crippen LogP contribution in [0.3, 0.4) is 0 Å². The van der Waals surface area contributed by atoms with Crippen molar-refractivity contribution in [2.45, 2.75) is 44.0 Å².